The maximum Gasteiger partial charge on any atom is 0.387 e. The van der Waals surface area contributed by atoms with Gasteiger partial charge in [0.2, 0.25) is 5.91 Å². The normalized spacial score (nSPS) is 11.1. The van der Waals surface area contributed by atoms with Gasteiger partial charge in [0.1, 0.15) is 5.75 Å². The van der Waals surface area contributed by atoms with Crippen LogP contribution in [0.15, 0.2) is 61.1 Å². The van der Waals surface area contributed by atoms with E-state index in [1.165, 1.54) is 12.1 Å². The molecule has 158 valence electrons. The van der Waals surface area contributed by atoms with E-state index in [0.29, 0.717) is 22.7 Å². The highest BCUT2D eigenvalue weighted by molar-refractivity contribution is 6.32. The van der Waals surface area contributed by atoms with E-state index < -0.39 is 12.5 Å². The summed E-state index contributed by atoms with van der Waals surface area (Å²) in [6.07, 6.45) is 5.15. The molecule has 7 nitrogen and oxygen atoms in total. The van der Waals surface area contributed by atoms with E-state index in [-0.39, 0.29) is 17.2 Å². The summed E-state index contributed by atoms with van der Waals surface area (Å²) >= 11 is 6.08. The number of carbonyl (C=O) groups is 1. The lowest BCUT2D eigenvalue weighted by molar-refractivity contribution is -0.117. The van der Waals surface area contributed by atoms with Gasteiger partial charge in [-0.15, -0.1) is 0 Å². The van der Waals surface area contributed by atoms with Crippen LogP contribution in [-0.2, 0) is 11.2 Å². The molecule has 1 amide bonds. The van der Waals surface area contributed by atoms with Crippen molar-refractivity contribution in [2.45, 2.75) is 13.0 Å². The van der Waals surface area contributed by atoms with Gasteiger partial charge in [0, 0.05) is 23.6 Å². The molecule has 3 N–H and O–H groups in total. The molecule has 0 aliphatic rings. The number of alkyl halides is 2. The Kier molecular flexibility index (Phi) is 5.68. The van der Waals surface area contributed by atoms with Gasteiger partial charge < -0.3 is 15.8 Å². The highest BCUT2D eigenvalue weighted by atomic mass is 35.5. The molecule has 10 heteroatoms. The van der Waals surface area contributed by atoms with Gasteiger partial charge >= 0.3 is 6.61 Å². The summed E-state index contributed by atoms with van der Waals surface area (Å²) in [7, 11) is 0. The predicted octanol–water partition coefficient (Wildman–Crippen LogP) is 4.42. The zero-order valence-electron chi connectivity index (χ0n) is 15.9. The molecular weight excluding hydrogens is 428 g/mol. The van der Waals surface area contributed by atoms with E-state index in [4.69, 9.17) is 17.3 Å². The van der Waals surface area contributed by atoms with Crippen LogP contribution in [0, 0.1) is 0 Å². The number of nitrogens with zero attached hydrogens (tertiary/aromatic N) is 3. The maximum absolute atomic E-state index is 12.5. The molecule has 0 atom stereocenters. The molecule has 2 aromatic carbocycles. The topological polar surface area (TPSA) is 94.5 Å². The Labute approximate surface area is 180 Å². The number of amides is 1. The van der Waals surface area contributed by atoms with E-state index in [1.807, 2.05) is 12.1 Å². The van der Waals surface area contributed by atoms with E-state index in [1.54, 1.807) is 41.2 Å². The SMILES string of the molecule is NC(=O)Cc1ccc(Nc2nccn3c(-c4ccc(OC(F)F)c(Cl)c4)cnc23)cc1. The number of anilines is 2. The number of rotatable bonds is 7. The average Bonchev–Trinajstić information content (AvgIpc) is 3.15. The summed E-state index contributed by atoms with van der Waals surface area (Å²) in [5.74, 6) is 0.0177. The zero-order valence-corrected chi connectivity index (χ0v) is 16.7. The van der Waals surface area contributed by atoms with Crippen molar-refractivity contribution in [1.82, 2.24) is 14.4 Å². The average molecular weight is 444 g/mol. The second kappa shape index (κ2) is 8.57. The first-order valence-electron chi connectivity index (χ1n) is 9.12. The fourth-order valence-corrected chi connectivity index (χ4v) is 3.34. The third kappa shape index (κ3) is 4.56. The number of benzene rings is 2. The first-order valence-corrected chi connectivity index (χ1v) is 9.49. The number of primary amides is 1. The summed E-state index contributed by atoms with van der Waals surface area (Å²) in [6, 6.07) is 11.8. The van der Waals surface area contributed by atoms with Gasteiger partial charge in [-0.3, -0.25) is 9.20 Å². The third-order valence-corrected chi connectivity index (χ3v) is 4.76. The van der Waals surface area contributed by atoms with Gasteiger partial charge in [-0.05, 0) is 35.9 Å². The minimum absolute atomic E-state index is 0.0659. The molecule has 2 heterocycles. The van der Waals surface area contributed by atoms with Crippen molar-refractivity contribution in [2.75, 3.05) is 5.32 Å². The standard InChI is InChI=1S/C21H16ClF2N5O2/c22-15-10-13(3-6-17(15)31-21(23)24)16-11-27-20-19(26-7-8-29(16)20)28-14-4-1-12(2-5-14)9-18(25)30/h1-8,10-11,21H,9H2,(H2,25,30)(H,26,28). The molecule has 0 spiro atoms. The van der Waals surface area contributed by atoms with Crippen molar-refractivity contribution in [2.24, 2.45) is 5.73 Å². The first kappa shape index (κ1) is 20.5. The minimum Gasteiger partial charge on any atom is -0.433 e. The van der Waals surface area contributed by atoms with E-state index in [0.717, 1.165) is 11.3 Å². The van der Waals surface area contributed by atoms with Crippen molar-refractivity contribution in [3.05, 3.63) is 71.6 Å². The number of imidazole rings is 1. The Morgan fingerprint density at radius 3 is 2.65 bits per heavy atom. The Morgan fingerprint density at radius 2 is 1.97 bits per heavy atom. The highest BCUT2D eigenvalue weighted by Gasteiger charge is 2.14. The van der Waals surface area contributed by atoms with E-state index in [2.05, 4.69) is 20.0 Å². The fourth-order valence-electron chi connectivity index (χ4n) is 3.12. The quantitative estimate of drug-likeness (QED) is 0.441. The molecule has 4 rings (SSSR count). The number of nitrogens with two attached hydrogens (primary N) is 1. The molecule has 0 saturated heterocycles. The van der Waals surface area contributed by atoms with Crippen LogP contribution in [0.1, 0.15) is 5.56 Å². The van der Waals surface area contributed by atoms with Gasteiger partial charge in [0.05, 0.1) is 23.3 Å². The predicted molar refractivity (Wildman–Crippen MR) is 113 cm³/mol. The first-order chi connectivity index (χ1) is 14.9. The van der Waals surface area contributed by atoms with Crippen LogP contribution in [0.25, 0.3) is 16.9 Å². The number of aromatic nitrogens is 3. The minimum atomic E-state index is -2.95. The van der Waals surface area contributed by atoms with E-state index >= 15 is 0 Å². The van der Waals surface area contributed by atoms with Crippen molar-refractivity contribution in [1.29, 1.82) is 0 Å². The molecule has 2 aromatic heterocycles. The summed E-state index contributed by atoms with van der Waals surface area (Å²) in [4.78, 5) is 19.8. The second-order valence-corrected chi connectivity index (χ2v) is 7.01. The van der Waals surface area contributed by atoms with Crippen LogP contribution in [0.2, 0.25) is 5.02 Å². The Balaban J connectivity index is 1.63. The largest absolute Gasteiger partial charge is 0.433 e. The van der Waals surface area contributed by atoms with Gasteiger partial charge in [0.25, 0.3) is 0 Å². The van der Waals surface area contributed by atoms with Crippen LogP contribution >= 0.6 is 11.6 Å². The van der Waals surface area contributed by atoms with Gasteiger partial charge in [0.15, 0.2) is 11.5 Å². The molecule has 0 aliphatic carbocycles. The maximum atomic E-state index is 12.5. The zero-order chi connectivity index (χ0) is 22.0. The molecule has 4 aromatic rings. The number of nitrogens with one attached hydrogen (secondary N) is 1. The lowest BCUT2D eigenvalue weighted by Crippen LogP contribution is -2.13. The molecule has 0 unspecified atom stereocenters. The van der Waals surface area contributed by atoms with Crippen LogP contribution in [0.3, 0.4) is 0 Å². The van der Waals surface area contributed by atoms with Gasteiger partial charge in [-0.25, -0.2) is 9.97 Å². The molecule has 0 fully saturated rings. The number of hydrogen-bond acceptors (Lipinski definition) is 5. The highest BCUT2D eigenvalue weighted by Crippen LogP contribution is 2.32. The summed E-state index contributed by atoms with van der Waals surface area (Å²) in [6.45, 7) is -2.95. The molecule has 0 aliphatic heterocycles. The van der Waals surface area contributed by atoms with Crippen LogP contribution < -0.4 is 15.8 Å². The Morgan fingerprint density at radius 1 is 1.19 bits per heavy atom. The third-order valence-electron chi connectivity index (χ3n) is 4.47. The number of fused-ring (bicyclic) bond motifs is 1. The van der Waals surface area contributed by atoms with Crippen molar-refractivity contribution >= 4 is 34.7 Å². The molecule has 0 bridgehead atoms. The summed E-state index contributed by atoms with van der Waals surface area (Å²) in [5, 5.41) is 3.26. The number of carbonyl (C=O) groups excluding carboxylic acids is 1. The van der Waals surface area contributed by atoms with Crippen LogP contribution in [0.4, 0.5) is 20.3 Å². The van der Waals surface area contributed by atoms with Crippen molar-refractivity contribution < 1.29 is 18.3 Å². The monoisotopic (exact) mass is 443 g/mol. The summed E-state index contributed by atoms with van der Waals surface area (Å²) < 4.78 is 31.1. The molecule has 0 radical (unpaired) electrons. The van der Waals surface area contributed by atoms with Crippen molar-refractivity contribution in [3.8, 4) is 17.0 Å². The lowest BCUT2D eigenvalue weighted by atomic mass is 10.1. The smallest absolute Gasteiger partial charge is 0.387 e. The van der Waals surface area contributed by atoms with Gasteiger partial charge in [-0.1, -0.05) is 23.7 Å². The molecule has 0 saturated carbocycles. The molecule has 31 heavy (non-hydrogen) atoms. The van der Waals surface area contributed by atoms with Crippen LogP contribution in [0.5, 0.6) is 5.75 Å². The van der Waals surface area contributed by atoms with E-state index in [9.17, 15) is 13.6 Å². The summed E-state index contributed by atoms with van der Waals surface area (Å²) in [5.41, 5.74) is 8.71. The number of ether oxygens (including phenoxy) is 1. The second-order valence-electron chi connectivity index (χ2n) is 6.60. The number of hydrogen-bond donors (Lipinski definition) is 2. The molecular formula is C21H16ClF2N5O2. The Hall–Kier alpha value is -3.72. The lowest BCUT2D eigenvalue weighted by Gasteiger charge is -2.10. The Bertz CT molecular complexity index is 1240. The van der Waals surface area contributed by atoms with Gasteiger partial charge in [-0.2, -0.15) is 8.78 Å². The number of halogens is 3. The van der Waals surface area contributed by atoms with Crippen molar-refractivity contribution in [3.63, 3.8) is 0 Å². The fraction of sp³-hybridized carbons (Fsp3) is 0.0952. The van der Waals surface area contributed by atoms with Crippen LogP contribution in [-0.4, -0.2) is 26.9 Å².